The molecule has 1 rings (SSSR count). The first kappa shape index (κ1) is 14.5. The lowest BCUT2D eigenvalue weighted by Gasteiger charge is -2.17. The summed E-state index contributed by atoms with van der Waals surface area (Å²) < 4.78 is 11.6. The van der Waals surface area contributed by atoms with E-state index in [1.807, 2.05) is 0 Å². The SMILES string of the molecule is COCCOCc1nnnn1C(C)C(C)C(=O)O. The van der Waals surface area contributed by atoms with Crippen molar-refractivity contribution in [2.45, 2.75) is 26.5 Å². The number of nitrogens with zero attached hydrogens (tertiary/aromatic N) is 4. The molecule has 1 aromatic rings. The van der Waals surface area contributed by atoms with Crippen LogP contribution in [-0.4, -0.2) is 51.6 Å². The molecular formula is C10H18N4O4. The molecule has 0 saturated heterocycles. The highest BCUT2D eigenvalue weighted by molar-refractivity contribution is 5.70. The number of tetrazole rings is 1. The van der Waals surface area contributed by atoms with Crippen LogP contribution in [0.3, 0.4) is 0 Å². The zero-order valence-electron chi connectivity index (χ0n) is 10.7. The molecule has 8 heteroatoms. The van der Waals surface area contributed by atoms with Crippen LogP contribution < -0.4 is 0 Å². The van der Waals surface area contributed by atoms with Crippen LogP contribution in [-0.2, 0) is 20.9 Å². The molecule has 1 N–H and O–H groups in total. The van der Waals surface area contributed by atoms with E-state index >= 15 is 0 Å². The van der Waals surface area contributed by atoms with Crippen molar-refractivity contribution >= 4 is 5.97 Å². The van der Waals surface area contributed by atoms with Crippen molar-refractivity contribution in [1.29, 1.82) is 0 Å². The van der Waals surface area contributed by atoms with Crippen molar-refractivity contribution in [3.8, 4) is 0 Å². The summed E-state index contributed by atoms with van der Waals surface area (Å²) >= 11 is 0. The molecule has 0 amide bonds. The molecule has 0 aliphatic heterocycles. The fourth-order valence-corrected chi connectivity index (χ4v) is 1.35. The van der Waals surface area contributed by atoms with Crippen molar-refractivity contribution < 1.29 is 19.4 Å². The molecule has 8 nitrogen and oxygen atoms in total. The van der Waals surface area contributed by atoms with Gasteiger partial charge in [0.05, 0.1) is 25.2 Å². The molecule has 1 heterocycles. The molecule has 0 spiro atoms. The molecule has 0 fully saturated rings. The van der Waals surface area contributed by atoms with Gasteiger partial charge in [0, 0.05) is 7.11 Å². The third-order valence-electron chi connectivity index (χ3n) is 2.72. The molecule has 0 radical (unpaired) electrons. The maximum Gasteiger partial charge on any atom is 0.308 e. The van der Waals surface area contributed by atoms with E-state index in [-0.39, 0.29) is 12.6 Å². The van der Waals surface area contributed by atoms with Crippen LogP contribution in [0.5, 0.6) is 0 Å². The van der Waals surface area contributed by atoms with Crippen molar-refractivity contribution in [2.75, 3.05) is 20.3 Å². The molecule has 0 saturated carbocycles. The summed E-state index contributed by atoms with van der Waals surface area (Å²) in [6, 6.07) is -0.335. The van der Waals surface area contributed by atoms with E-state index in [0.717, 1.165) is 0 Å². The summed E-state index contributed by atoms with van der Waals surface area (Å²) in [5, 5.41) is 20.1. The number of rotatable bonds is 8. The minimum Gasteiger partial charge on any atom is -0.481 e. The van der Waals surface area contributed by atoms with Crippen molar-refractivity contribution in [1.82, 2.24) is 20.2 Å². The zero-order chi connectivity index (χ0) is 13.5. The van der Waals surface area contributed by atoms with Gasteiger partial charge in [-0.05, 0) is 24.3 Å². The maximum absolute atomic E-state index is 10.9. The van der Waals surface area contributed by atoms with Gasteiger partial charge < -0.3 is 14.6 Å². The summed E-state index contributed by atoms with van der Waals surface area (Å²) in [6.45, 7) is 4.53. The van der Waals surface area contributed by atoms with Crippen LogP contribution in [0.4, 0.5) is 0 Å². The van der Waals surface area contributed by atoms with E-state index in [4.69, 9.17) is 14.6 Å². The molecule has 18 heavy (non-hydrogen) atoms. The number of ether oxygens (including phenoxy) is 2. The Morgan fingerprint density at radius 3 is 2.78 bits per heavy atom. The Morgan fingerprint density at radius 2 is 2.17 bits per heavy atom. The Kier molecular flexibility index (Phi) is 5.66. The van der Waals surface area contributed by atoms with E-state index in [1.165, 1.54) is 4.68 Å². The second-order valence-electron chi connectivity index (χ2n) is 3.95. The van der Waals surface area contributed by atoms with Crippen LogP contribution in [0.25, 0.3) is 0 Å². The van der Waals surface area contributed by atoms with Crippen LogP contribution in [0.2, 0.25) is 0 Å². The number of hydrogen-bond acceptors (Lipinski definition) is 6. The van der Waals surface area contributed by atoms with Gasteiger partial charge in [-0.15, -0.1) is 5.10 Å². The predicted molar refractivity (Wildman–Crippen MR) is 60.9 cm³/mol. The minimum atomic E-state index is -0.885. The van der Waals surface area contributed by atoms with Gasteiger partial charge in [0.15, 0.2) is 5.82 Å². The summed E-state index contributed by atoms with van der Waals surface area (Å²) in [4.78, 5) is 10.9. The summed E-state index contributed by atoms with van der Waals surface area (Å²) in [5.74, 6) is -0.956. The summed E-state index contributed by atoms with van der Waals surface area (Å²) in [5.41, 5.74) is 0. The van der Waals surface area contributed by atoms with Crippen molar-refractivity contribution in [3.05, 3.63) is 5.82 Å². The lowest BCUT2D eigenvalue weighted by atomic mass is 10.0. The maximum atomic E-state index is 10.9. The predicted octanol–water partition coefficient (Wildman–Crippen LogP) is 0.118. The van der Waals surface area contributed by atoms with E-state index < -0.39 is 11.9 Å². The fraction of sp³-hybridized carbons (Fsp3) is 0.800. The van der Waals surface area contributed by atoms with Gasteiger partial charge in [0.2, 0.25) is 0 Å². The van der Waals surface area contributed by atoms with Crippen LogP contribution in [0.15, 0.2) is 0 Å². The van der Waals surface area contributed by atoms with Gasteiger partial charge in [-0.25, -0.2) is 4.68 Å². The highest BCUT2D eigenvalue weighted by atomic mass is 16.5. The Labute approximate surface area is 105 Å². The third kappa shape index (κ3) is 3.74. The molecule has 0 bridgehead atoms. The van der Waals surface area contributed by atoms with E-state index in [1.54, 1.807) is 21.0 Å². The topological polar surface area (TPSA) is 99.4 Å². The van der Waals surface area contributed by atoms with Crippen LogP contribution >= 0.6 is 0 Å². The second kappa shape index (κ2) is 7.02. The quantitative estimate of drug-likeness (QED) is 0.661. The smallest absolute Gasteiger partial charge is 0.308 e. The number of aromatic nitrogens is 4. The number of carboxylic acid groups (broad SMARTS) is 1. The number of hydrogen-bond donors (Lipinski definition) is 1. The monoisotopic (exact) mass is 258 g/mol. The number of carboxylic acids is 1. The van der Waals surface area contributed by atoms with Crippen LogP contribution in [0.1, 0.15) is 25.7 Å². The molecular weight excluding hydrogens is 240 g/mol. The highest BCUT2D eigenvalue weighted by Crippen LogP contribution is 2.17. The lowest BCUT2D eigenvalue weighted by molar-refractivity contribution is -0.142. The Morgan fingerprint density at radius 1 is 1.44 bits per heavy atom. The summed E-state index contributed by atoms with van der Waals surface area (Å²) in [7, 11) is 1.59. The third-order valence-corrected chi connectivity index (χ3v) is 2.72. The van der Waals surface area contributed by atoms with E-state index in [9.17, 15) is 4.79 Å². The molecule has 0 aliphatic carbocycles. The first-order chi connectivity index (χ1) is 8.57. The molecule has 2 atom stereocenters. The van der Waals surface area contributed by atoms with Crippen LogP contribution in [0, 0.1) is 5.92 Å². The fourth-order valence-electron chi connectivity index (χ4n) is 1.35. The molecule has 1 aromatic heterocycles. The summed E-state index contributed by atoms with van der Waals surface area (Å²) in [6.07, 6.45) is 0. The first-order valence-corrected chi connectivity index (χ1v) is 5.64. The number of methoxy groups -OCH3 is 1. The van der Waals surface area contributed by atoms with Gasteiger partial charge in [0.1, 0.15) is 6.61 Å². The second-order valence-corrected chi connectivity index (χ2v) is 3.95. The van der Waals surface area contributed by atoms with Gasteiger partial charge in [0.25, 0.3) is 0 Å². The van der Waals surface area contributed by atoms with E-state index in [0.29, 0.717) is 19.0 Å². The average molecular weight is 258 g/mol. The number of aliphatic carboxylic acids is 1. The van der Waals surface area contributed by atoms with Gasteiger partial charge in [-0.1, -0.05) is 0 Å². The van der Waals surface area contributed by atoms with Gasteiger partial charge in [-0.2, -0.15) is 0 Å². The largest absolute Gasteiger partial charge is 0.481 e. The van der Waals surface area contributed by atoms with Gasteiger partial charge in [-0.3, -0.25) is 4.79 Å². The molecule has 2 unspecified atom stereocenters. The van der Waals surface area contributed by atoms with Gasteiger partial charge >= 0.3 is 5.97 Å². The normalized spacial score (nSPS) is 14.4. The zero-order valence-corrected chi connectivity index (χ0v) is 10.7. The van der Waals surface area contributed by atoms with Crippen molar-refractivity contribution in [2.24, 2.45) is 5.92 Å². The number of carbonyl (C=O) groups is 1. The Hall–Kier alpha value is -1.54. The average Bonchev–Trinajstić information content (AvgIpc) is 2.81. The Bertz CT molecular complexity index is 382. The Balaban J connectivity index is 2.61. The highest BCUT2D eigenvalue weighted by Gasteiger charge is 2.24. The molecule has 0 aliphatic rings. The molecule has 102 valence electrons. The standard InChI is InChI=1S/C10H18N4O4/c1-7(10(15)16)8(2)14-9(11-12-13-14)6-18-5-4-17-3/h7-8H,4-6H2,1-3H3,(H,15,16). The van der Waals surface area contributed by atoms with Crippen molar-refractivity contribution in [3.63, 3.8) is 0 Å². The first-order valence-electron chi connectivity index (χ1n) is 5.64. The minimum absolute atomic E-state index is 0.229. The lowest BCUT2D eigenvalue weighted by Crippen LogP contribution is -2.24. The molecule has 0 aromatic carbocycles. The van der Waals surface area contributed by atoms with E-state index in [2.05, 4.69) is 15.5 Å².